The Bertz CT molecular complexity index is 796. The molecule has 9 heteroatoms. The second-order valence-electron chi connectivity index (χ2n) is 5.49. The zero-order valence-electron chi connectivity index (χ0n) is 13.2. The lowest BCUT2D eigenvalue weighted by Crippen LogP contribution is -2.28. The lowest BCUT2D eigenvalue weighted by Gasteiger charge is -2.14. The van der Waals surface area contributed by atoms with Crippen LogP contribution >= 0.6 is 35.0 Å². The summed E-state index contributed by atoms with van der Waals surface area (Å²) in [6.45, 7) is 1.51. The molecule has 0 atom stereocenters. The van der Waals surface area contributed by atoms with E-state index in [1.807, 2.05) is 12.1 Å². The highest BCUT2D eigenvalue weighted by atomic mass is 35.5. The van der Waals surface area contributed by atoms with Gasteiger partial charge in [0.1, 0.15) is 5.82 Å². The molecule has 1 N–H and O–H groups in total. The Hall–Kier alpha value is -1.70. The SMILES string of the molecule is O=C(CCN1CCSC1=O)Nc1ccnn1Cc1cccc(Cl)c1Cl. The lowest BCUT2D eigenvalue weighted by molar-refractivity contribution is -0.116. The monoisotopic (exact) mass is 398 g/mol. The van der Waals surface area contributed by atoms with Crippen molar-refractivity contribution in [3.63, 3.8) is 0 Å². The second-order valence-corrected chi connectivity index (χ2v) is 7.32. The van der Waals surface area contributed by atoms with E-state index in [2.05, 4.69) is 10.4 Å². The molecule has 1 aliphatic rings. The van der Waals surface area contributed by atoms with Gasteiger partial charge in [-0.25, -0.2) is 4.68 Å². The van der Waals surface area contributed by atoms with Crippen LogP contribution in [0.25, 0.3) is 0 Å². The number of rotatable bonds is 6. The number of amides is 2. The van der Waals surface area contributed by atoms with Crippen molar-refractivity contribution in [2.75, 3.05) is 24.2 Å². The minimum atomic E-state index is -0.163. The molecule has 0 unspecified atom stereocenters. The highest BCUT2D eigenvalue weighted by molar-refractivity contribution is 8.13. The summed E-state index contributed by atoms with van der Waals surface area (Å²) in [6.07, 6.45) is 1.85. The summed E-state index contributed by atoms with van der Waals surface area (Å²) >= 11 is 13.5. The van der Waals surface area contributed by atoms with Crippen LogP contribution in [0.2, 0.25) is 10.0 Å². The number of hydrogen-bond donors (Lipinski definition) is 1. The molecule has 2 amide bonds. The van der Waals surface area contributed by atoms with E-state index in [1.165, 1.54) is 11.8 Å². The van der Waals surface area contributed by atoms with E-state index in [1.54, 1.807) is 27.9 Å². The topological polar surface area (TPSA) is 67.2 Å². The third kappa shape index (κ3) is 4.48. The van der Waals surface area contributed by atoms with Gasteiger partial charge < -0.3 is 10.2 Å². The Balaban J connectivity index is 1.60. The fraction of sp³-hybridized carbons (Fsp3) is 0.312. The van der Waals surface area contributed by atoms with Gasteiger partial charge in [-0.3, -0.25) is 9.59 Å². The van der Waals surface area contributed by atoms with E-state index >= 15 is 0 Å². The number of carbonyl (C=O) groups excluding carboxylic acids is 2. The predicted octanol–water partition coefficient (Wildman–Crippen LogP) is 3.74. The molecule has 0 bridgehead atoms. The van der Waals surface area contributed by atoms with Crippen molar-refractivity contribution >= 4 is 51.9 Å². The van der Waals surface area contributed by atoms with Crippen LogP contribution in [0.4, 0.5) is 10.6 Å². The van der Waals surface area contributed by atoms with Gasteiger partial charge in [-0.1, -0.05) is 47.1 Å². The van der Waals surface area contributed by atoms with Crippen LogP contribution in [0.1, 0.15) is 12.0 Å². The molecule has 25 heavy (non-hydrogen) atoms. The van der Waals surface area contributed by atoms with Gasteiger partial charge in [0.05, 0.1) is 22.8 Å². The molecule has 2 heterocycles. The van der Waals surface area contributed by atoms with E-state index in [4.69, 9.17) is 23.2 Å². The van der Waals surface area contributed by atoms with Crippen molar-refractivity contribution in [1.82, 2.24) is 14.7 Å². The van der Waals surface area contributed by atoms with E-state index in [0.717, 1.165) is 11.3 Å². The second kappa shape index (κ2) is 8.12. The molecule has 6 nitrogen and oxygen atoms in total. The van der Waals surface area contributed by atoms with Crippen molar-refractivity contribution < 1.29 is 9.59 Å². The minimum absolute atomic E-state index is 0.0356. The molecule has 0 radical (unpaired) electrons. The summed E-state index contributed by atoms with van der Waals surface area (Å²) in [5.74, 6) is 1.19. The average molecular weight is 399 g/mol. The van der Waals surface area contributed by atoms with Crippen LogP contribution in [0.3, 0.4) is 0 Å². The molecule has 0 spiro atoms. The fourth-order valence-electron chi connectivity index (χ4n) is 2.47. The fourth-order valence-corrected chi connectivity index (χ4v) is 3.70. The van der Waals surface area contributed by atoms with Crippen LogP contribution in [-0.2, 0) is 11.3 Å². The molecule has 1 aliphatic heterocycles. The van der Waals surface area contributed by atoms with Crippen molar-refractivity contribution in [3.8, 4) is 0 Å². The summed E-state index contributed by atoms with van der Waals surface area (Å²) in [7, 11) is 0. The molecule has 2 aromatic rings. The number of anilines is 1. The third-order valence-corrected chi connectivity index (χ3v) is 5.54. The third-order valence-electron chi connectivity index (χ3n) is 3.79. The smallest absolute Gasteiger partial charge is 0.281 e. The highest BCUT2D eigenvalue weighted by Gasteiger charge is 2.21. The van der Waals surface area contributed by atoms with E-state index < -0.39 is 0 Å². The summed E-state index contributed by atoms with van der Waals surface area (Å²) in [4.78, 5) is 25.4. The molecule has 1 aromatic heterocycles. The molecule has 0 aliphatic carbocycles. The largest absolute Gasteiger partial charge is 0.332 e. The van der Waals surface area contributed by atoms with Crippen molar-refractivity contribution in [2.45, 2.75) is 13.0 Å². The number of thioether (sulfide) groups is 1. The Morgan fingerprint density at radius 2 is 2.16 bits per heavy atom. The van der Waals surface area contributed by atoms with E-state index in [9.17, 15) is 9.59 Å². The first-order valence-electron chi connectivity index (χ1n) is 7.71. The zero-order chi connectivity index (χ0) is 17.8. The lowest BCUT2D eigenvalue weighted by atomic mass is 10.2. The van der Waals surface area contributed by atoms with Gasteiger partial charge in [0.2, 0.25) is 5.91 Å². The van der Waals surface area contributed by atoms with Crippen LogP contribution in [0.15, 0.2) is 30.5 Å². The predicted molar refractivity (Wildman–Crippen MR) is 100 cm³/mol. The number of nitrogens with zero attached hydrogens (tertiary/aromatic N) is 3. The quantitative estimate of drug-likeness (QED) is 0.804. The highest BCUT2D eigenvalue weighted by Crippen LogP contribution is 2.26. The summed E-state index contributed by atoms with van der Waals surface area (Å²) in [5.41, 5.74) is 0.813. The number of carbonyl (C=O) groups is 2. The molecule has 3 rings (SSSR count). The molecule has 1 aromatic carbocycles. The van der Waals surface area contributed by atoms with Gasteiger partial charge in [0.25, 0.3) is 5.24 Å². The number of nitrogens with one attached hydrogen (secondary N) is 1. The summed E-state index contributed by atoms with van der Waals surface area (Å²) in [5, 5.41) is 8.03. The maximum Gasteiger partial charge on any atom is 0.281 e. The first kappa shape index (κ1) is 18.1. The average Bonchev–Trinajstić information content (AvgIpc) is 3.19. The van der Waals surface area contributed by atoms with Crippen LogP contribution in [0.5, 0.6) is 0 Å². The summed E-state index contributed by atoms with van der Waals surface area (Å²) in [6, 6.07) is 7.11. The van der Waals surface area contributed by atoms with Gasteiger partial charge >= 0.3 is 0 Å². The Morgan fingerprint density at radius 1 is 1.32 bits per heavy atom. The summed E-state index contributed by atoms with van der Waals surface area (Å²) < 4.78 is 1.65. The van der Waals surface area contributed by atoms with Gasteiger partial charge in [0, 0.05) is 31.3 Å². The molecule has 0 saturated carbocycles. The Labute approximate surface area is 159 Å². The normalized spacial score (nSPS) is 14.2. The van der Waals surface area contributed by atoms with E-state index in [0.29, 0.717) is 35.5 Å². The van der Waals surface area contributed by atoms with Crippen LogP contribution in [-0.4, -0.2) is 44.7 Å². The van der Waals surface area contributed by atoms with Crippen molar-refractivity contribution in [2.24, 2.45) is 0 Å². The maximum atomic E-state index is 12.2. The number of halogens is 2. The molecule has 132 valence electrons. The van der Waals surface area contributed by atoms with Gasteiger partial charge in [0.15, 0.2) is 0 Å². The van der Waals surface area contributed by atoms with Crippen molar-refractivity contribution in [3.05, 3.63) is 46.1 Å². The number of benzene rings is 1. The molecule has 1 saturated heterocycles. The van der Waals surface area contributed by atoms with Crippen LogP contribution < -0.4 is 5.32 Å². The first-order valence-corrected chi connectivity index (χ1v) is 9.45. The molecule has 1 fully saturated rings. The van der Waals surface area contributed by atoms with Crippen molar-refractivity contribution in [1.29, 1.82) is 0 Å². The zero-order valence-corrected chi connectivity index (χ0v) is 15.6. The molecular weight excluding hydrogens is 383 g/mol. The van der Waals surface area contributed by atoms with Gasteiger partial charge in [-0.15, -0.1) is 0 Å². The Morgan fingerprint density at radius 3 is 2.92 bits per heavy atom. The maximum absolute atomic E-state index is 12.2. The van der Waals surface area contributed by atoms with E-state index in [-0.39, 0.29) is 17.6 Å². The van der Waals surface area contributed by atoms with Crippen LogP contribution in [0, 0.1) is 0 Å². The number of hydrogen-bond acceptors (Lipinski definition) is 4. The standard InChI is InChI=1S/C16H16Cl2N4O2S/c17-12-3-1-2-11(15(12)18)10-22-13(4-6-19-22)20-14(23)5-7-21-8-9-25-16(21)24/h1-4,6H,5,7-10H2,(H,20,23). The van der Waals surface area contributed by atoms with Gasteiger partial charge in [-0.05, 0) is 11.6 Å². The van der Waals surface area contributed by atoms with Gasteiger partial charge in [-0.2, -0.15) is 5.10 Å². The first-order chi connectivity index (χ1) is 12.0. The number of aromatic nitrogens is 2. The Kier molecular flexibility index (Phi) is 5.88. The molecular formula is C16H16Cl2N4O2S. The minimum Gasteiger partial charge on any atom is -0.332 e.